The first-order valence-electron chi connectivity index (χ1n) is 7.80. The maximum atomic E-state index is 12.7. The standard InChI is InChI=1S/C19H22N2O2/c1-3-9-18(22)20-17-13-8-7-12-16(17)19(23)21(2)14-15-10-5-4-6-11-15/h4-8,10-13H,3,9,14H2,1-2H3,(H,20,22). The molecule has 0 aliphatic carbocycles. The molecule has 4 heteroatoms. The molecule has 2 aromatic rings. The fourth-order valence-electron chi connectivity index (χ4n) is 2.35. The molecule has 0 unspecified atom stereocenters. The Morgan fingerprint density at radius 1 is 1.00 bits per heavy atom. The molecule has 2 rings (SSSR count). The lowest BCUT2D eigenvalue weighted by atomic mass is 10.1. The topological polar surface area (TPSA) is 49.4 Å². The first-order valence-corrected chi connectivity index (χ1v) is 7.80. The zero-order valence-electron chi connectivity index (χ0n) is 13.6. The third-order valence-electron chi connectivity index (χ3n) is 3.52. The number of carbonyl (C=O) groups is 2. The summed E-state index contributed by atoms with van der Waals surface area (Å²) in [7, 11) is 1.76. The molecule has 2 amide bonds. The highest BCUT2D eigenvalue weighted by Crippen LogP contribution is 2.18. The van der Waals surface area contributed by atoms with Crippen LogP contribution in [0.15, 0.2) is 54.6 Å². The van der Waals surface area contributed by atoms with Crippen LogP contribution in [0.5, 0.6) is 0 Å². The minimum absolute atomic E-state index is 0.0709. The van der Waals surface area contributed by atoms with E-state index in [1.165, 1.54) is 0 Å². The van der Waals surface area contributed by atoms with Crippen LogP contribution in [0.2, 0.25) is 0 Å². The smallest absolute Gasteiger partial charge is 0.256 e. The van der Waals surface area contributed by atoms with Crippen molar-refractivity contribution in [1.82, 2.24) is 4.90 Å². The van der Waals surface area contributed by atoms with Crippen LogP contribution in [-0.2, 0) is 11.3 Å². The van der Waals surface area contributed by atoms with Gasteiger partial charge in [0.1, 0.15) is 0 Å². The van der Waals surface area contributed by atoms with Crippen molar-refractivity contribution in [2.45, 2.75) is 26.3 Å². The van der Waals surface area contributed by atoms with Crippen LogP contribution < -0.4 is 5.32 Å². The SMILES string of the molecule is CCCC(=O)Nc1ccccc1C(=O)N(C)Cc1ccccc1. The number of carbonyl (C=O) groups excluding carboxylic acids is 2. The molecular weight excluding hydrogens is 288 g/mol. The molecule has 120 valence electrons. The molecule has 4 nitrogen and oxygen atoms in total. The van der Waals surface area contributed by atoms with E-state index in [1.54, 1.807) is 30.1 Å². The van der Waals surface area contributed by atoms with Crippen LogP contribution in [0, 0.1) is 0 Å². The van der Waals surface area contributed by atoms with Crippen molar-refractivity contribution >= 4 is 17.5 Å². The summed E-state index contributed by atoms with van der Waals surface area (Å²) in [6.45, 7) is 2.47. The number of hydrogen-bond donors (Lipinski definition) is 1. The van der Waals surface area contributed by atoms with Crippen molar-refractivity contribution in [3.05, 3.63) is 65.7 Å². The molecule has 0 aliphatic rings. The number of hydrogen-bond acceptors (Lipinski definition) is 2. The van der Waals surface area contributed by atoms with E-state index in [2.05, 4.69) is 5.32 Å². The third kappa shape index (κ3) is 4.68. The zero-order chi connectivity index (χ0) is 16.7. The minimum atomic E-state index is -0.110. The molecular formula is C19H22N2O2. The number of benzene rings is 2. The monoisotopic (exact) mass is 310 g/mol. The van der Waals surface area contributed by atoms with Crippen LogP contribution in [0.4, 0.5) is 5.69 Å². The highest BCUT2D eigenvalue weighted by Gasteiger charge is 2.16. The molecule has 2 aromatic carbocycles. The Morgan fingerprint density at radius 3 is 2.35 bits per heavy atom. The summed E-state index contributed by atoms with van der Waals surface area (Å²) in [5, 5.41) is 2.82. The Morgan fingerprint density at radius 2 is 1.65 bits per heavy atom. The number of rotatable bonds is 6. The predicted molar refractivity (Wildman–Crippen MR) is 92.2 cm³/mol. The van der Waals surface area contributed by atoms with Crippen LogP contribution in [0.3, 0.4) is 0 Å². The molecule has 0 heterocycles. The first kappa shape index (κ1) is 16.7. The first-order chi connectivity index (χ1) is 11.1. The Labute approximate surface area is 137 Å². The van der Waals surface area contributed by atoms with Crippen molar-refractivity contribution < 1.29 is 9.59 Å². The lowest BCUT2D eigenvalue weighted by Gasteiger charge is -2.19. The van der Waals surface area contributed by atoms with Crippen molar-refractivity contribution in [3.8, 4) is 0 Å². The summed E-state index contributed by atoms with van der Waals surface area (Å²) in [5.41, 5.74) is 2.14. The molecule has 0 aromatic heterocycles. The summed E-state index contributed by atoms with van der Waals surface area (Å²) in [6, 6.07) is 16.9. The Hall–Kier alpha value is -2.62. The number of nitrogens with zero attached hydrogens (tertiary/aromatic N) is 1. The highest BCUT2D eigenvalue weighted by atomic mass is 16.2. The molecule has 0 atom stereocenters. The fraction of sp³-hybridized carbons (Fsp3) is 0.263. The maximum absolute atomic E-state index is 12.7. The van der Waals surface area contributed by atoms with Crippen LogP contribution in [0.1, 0.15) is 35.7 Å². The molecule has 0 saturated carbocycles. The number of anilines is 1. The molecule has 0 saturated heterocycles. The van der Waals surface area contributed by atoms with E-state index in [1.807, 2.05) is 43.3 Å². The molecule has 0 fully saturated rings. The molecule has 1 N–H and O–H groups in total. The second kappa shape index (κ2) is 8.13. The van der Waals surface area contributed by atoms with Gasteiger partial charge in [0.25, 0.3) is 5.91 Å². The second-order valence-corrected chi connectivity index (χ2v) is 5.49. The van der Waals surface area contributed by atoms with Gasteiger partial charge in [0, 0.05) is 20.0 Å². The lowest BCUT2D eigenvalue weighted by Crippen LogP contribution is -2.27. The summed E-state index contributed by atoms with van der Waals surface area (Å²) in [4.78, 5) is 26.1. The molecule has 0 spiro atoms. The number of nitrogens with one attached hydrogen (secondary N) is 1. The lowest BCUT2D eigenvalue weighted by molar-refractivity contribution is -0.116. The van der Waals surface area contributed by atoms with E-state index in [-0.39, 0.29) is 11.8 Å². The van der Waals surface area contributed by atoms with Gasteiger partial charge >= 0.3 is 0 Å². The fourth-order valence-corrected chi connectivity index (χ4v) is 2.35. The van der Waals surface area contributed by atoms with E-state index < -0.39 is 0 Å². The Balaban J connectivity index is 2.13. The van der Waals surface area contributed by atoms with E-state index in [0.717, 1.165) is 12.0 Å². The quantitative estimate of drug-likeness (QED) is 0.884. The summed E-state index contributed by atoms with van der Waals surface area (Å²) in [6.07, 6.45) is 1.22. The number of para-hydroxylation sites is 1. The molecule has 0 radical (unpaired) electrons. The minimum Gasteiger partial charge on any atom is -0.337 e. The van der Waals surface area contributed by atoms with Gasteiger partial charge in [-0.15, -0.1) is 0 Å². The summed E-state index contributed by atoms with van der Waals surface area (Å²) < 4.78 is 0. The van der Waals surface area contributed by atoms with Crippen molar-refractivity contribution in [2.24, 2.45) is 0 Å². The maximum Gasteiger partial charge on any atom is 0.256 e. The van der Waals surface area contributed by atoms with Gasteiger partial charge in [0.2, 0.25) is 5.91 Å². The van der Waals surface area contributed by atoms with E-state index in [4.69, 9.17) is 0 Å². The van der Waals surface area contributed by atoms with Gasteiger partial charge in [-0.25, -0.2) is 0 Å². The van der Waals surface area contributed by atoms with Gasteiger partial charge in [-0.1, -0.05) is 49.4 Å². The van der Waals surface area contributed by atoms with Crippen LogP contribution in [-0.4, -0.2) is 23.8 Å². The van der Waals surface area contributed by atoms with Crippen molar-refractivity contribution in [2.75, 3.05) is 12.4 Å². The van der Waals surface area contributed by atoms with Crippen LogP contribution >= 0.6 is 0 Å². The van der Waals surface area contributed by atoms with Crippen LogP contribution in [0.25, 0.3) is 0 Å². The van der Waals surface area contributed by atoms with Gasteiger partial charge in [0.15, 0.2) is 0 Å². The van der Waals surface area contributed by atoms with E-state index in [9.17, 15) is 9.59 Å². The van der Waals surface area contributed by atoms with Gasteiger partial charge < -0.3 is 10.2 Å². The summed E-state index contributed by atoms with van der Waals surface area (Å²) >= 11 is 0. The van der Waals surface area contributed by atoms with Crippen molar-refractivity contribution in [3.63, 3.8) is 0 Å². The zero-order valence-corrected chi connectivity index (χ0v) is 13.6. The predicted octanol–water partition coefficient (Wildman–Crippen LogP) is 3.70. The second-order valence-electron chi connectivity index (χ2n) is 5.49. The van der Waals surface area contributed by atoms with Gasteiger partial charge in [-0.05, 0) is 24.1 Å². The van der Waals surface area contributed by atoms with Gasteiger partial charge in [0.05, 0.1) is 11.3 Å². The van der Waals surface area contributed by atoms with Crippen molar-refractivity contribution in [1.29, 1.82) is 0 Å². The largest absolute Gasteiger partial charge is 0.337 e. The van der Waals surface area contributed by atoms with Gasteiger partial charge in [-0.2, -0.15) is 0 Å². The average molecular weight is 310 g/mol. The Bertz CT molecular complexity index is 668. The Kier molecular flexibility index (Phi) is 5.92. The average Bonchev–Trinajstić information content (AvgIpc) is 2.56. The van der Waals surface area contributed by atoms with Gasteiger partial charge in [-0.3, -0.25) is 9.59 Å². The third-order valence-corrected chi connectivity index (χ3v) is 3.52. The molecule has 0 bridgehead atoms. The summed E-state index contributed by atoms with van der Waals surface area (Å²) in [5.74, 6) is -0.181. The molecule has 23 heavy (non-hydrogen) atoms. The highest BCUT2D eigenvalue weighted by molar-refractivity contribution is 6.03. The normalized spacial score (nSPS) is 10.2. The van der Waals surface area contributed by atoms with E-state index in [0.29, 0.717) is 24.2 Å². The number of amides is 2. The molecule has 0 aliphatic heterocycles. The van der Waals surface area contributed by atoms with E-state index >= 15 is 0 Å².